The Balaban J connectivity index is 1.75. The van der Waals surface area contributed by atoms with Crippen LogP contribution in [0.1, 0.15) is 49.1 Å². The van der Waals surface area contributed by atoms with Crippen LogP contribution in [0.2, 0.25) is 0 Å². The highest BCUT2D eigenvalue weighted by molar-refractivity contribution is 5.81. The van der Waals surface area contributed by atoms with E-state index in [1.807, 2.05) is 12.3 Å². The monoisotopic (exact) mass is 325 g/mol. The third-order valence-corrected chi connectivity index (χ3v) is 5.00. The van der Waals surface area contributed by atoms with Crippen LogP contribution in [-0.4, -0.2) is 4.98 Å². The number of rotatable bonds is 2. The quantitative estimate of drug-likeness (QED) is 0.546. The van der Waals surface area contributed by atoms with E-state index >= 15 is 0 Å². The summed E-state index contributed by atoms with van der Waals surface area (Å²) >= 11 is 0. The normalized spacial score (nSPS) is 16.0. The molecule has 1 nitrogen and oxygen atoms in total. The van der Waals surface area contributed by atoms with Crippen LogP contribution >= 0.6 is 0 Å². The fourth-order valence-corrected chi connectivity index (χ4v) is 3.56. The summed E-state index contributed by atoms with van der Waals surface area (Å²) in [5, 5.41) is 0. The second-order valence-electron chi connectivity index (χ2n) is 7.73. The molecule has 0 radical (unpaired) electrons. The van der Waals surface area contributed by atoms with E-state index in [1.54, 1.807) is 0 Å². The van der Waals surface area contributed by atoms with Crippen LogP contribution in [-0.2, 0) is 5.41 Å². The van der Waals surface area contributed by atoms with Gasteiger partial charge in [-0.3, -0.25) is 4.98 Å². The van der Waals surface area contributed by atoms with Crippen LogP contribution in [0.4, 0.5) is 0 Å². The highest BCUT2D eigenvalue weighted by Crippen LogP contribution is 2.39. The van der Waals surface area contributed by atoms with E-state index in [2.05, 4.69) is 92.5 Å². The van der Waals surface area contributed by atoms with E-state index in [0.717, 1.165) is 5.69 Å². The molecule has 1 unspecified atom stereocenters. The molecule has 0 saturated heterocycles. The summed E-state index contributed by atoms with van der Waals surface area (Å²) in [6.07, 6.45) is 6.39. The summed E-state index contributed by atoms with van der Waals surface area (Å²) in [4.78, 5) is 4.55. The molecule has 0 bridgehead atoms. The lowest BCUT2D eigenvalue weighted by molar-refractivity contribution is 0.590. The maximum Gasteiger partial charge on any atom is 0.0516 e. The van der Waals surface area contributed by atoms with Gasteiger partial charge in [-0.25, -0.2) is 0 Å². The largest absolute Gasteiger partial charge is 0.260 e. The highest BCUT2D eigenvalue weighted by Gasteiger charge is 2.22. The first-order valence-corrected chi connectivity index (χ1v) is 8.87. The zero-order chi connectivity index (χ0) is 17.4. The molecule has 0 spiro atoms. The second kappa shape index (κ2) is 6.00. The van der Waals surface area contributed by atoms with Gasteiger partial charge in [0.15, 0.2) is 0 Å². The Morgan fingerprint density at radius 2 is 1.64 bits per heavy atom. The molecule has 0 fully saturated rings. The molecule has 2 aromatic carbocycles. The van der Waals surface area contributed by atoms with Crippen molar-refractivity contribution in [3.63, 3.8) is 0 Å². The predicted octanol–water partition coefficient (Wildman–Crippen LogP) is 6.20. The molecule has 1 aromatic heterocycles. The summed E-state index contributed by atoms with van der Waals surface area (Å²) in [7, 11) is 0. The summed E-state index contributed by atoms with van der Waals surface area (Å²) in [6.45, 7) is 6.76. The molecule has 0 amide bonds. The minimum Gasteiger partial charge on any atom is -0.260 e. The number of benzene rings is 2. The first-order valence-electron chi connectivity index (χ1n) is 8.87. The average molecular weight is 325 g/mol. The molecule has 1 aliphatic rings. The van der Waals surface area contributed by atoms with Gasteiger partial charge in [0.1, 0.15) is 0 Å². The smallest absolute Gasteiger partial charge is 0.0516 e. The van der Waals surface area contributed by atoms with E-state index in [9.17, 15) is 0 Å². The third-order valence-electron chi connectivity index (χ3n) is 5.00. The number of pyridine rings is 1. The molecule has 1 heterocycles. The Morgan fingerprint density at radius 1 is 0.840 bits per heavy atom. The number of hydrogen-bond donors (Lipinski definition) is 0. The topological polar surface area (TPSA) is 12.9 Å². The zero-order valence-electron chi connectivity index (χ0n) is 15.0. The third kappa shape index (κ3) is 2.91. The molecule has 1 atom stereocenters. The van der Waals surface area contributed by atoms with Gasteiger partial charge < -0.3 is 0 Å². The van der Waals surface area contributed by atoms with Crippen molar-refractivity contribution >= 4 is 6.08 Å². The van der Waals surface area contributed by atoms with Crippen molar-refractivity contribution in [3.05, 3.63) is 95.3 Å². The molecular formula is C24H23N. The second-order valence-corrected chi connectivity index (χ2v) is 7.73. The van der Waals surface area contributed by atoms with Crippen LogP contribution < -0.4 is 0 Å². The van der Waals surface area contributed by atoms with Crippen molar-refractivity contribution < 1.29 is 0 Å². The molecule has 0 saturated carbocycles. The molecule has 124 valence electrons. The lowest BCUT2D eigenvalue weighted by Gasteiger charge is -2.19. The standard InChI is InChI=1S/C24H23N/c1-24(2,3)18-12-10-17(11-13-18)19-7-6-8-20-21(19)14-15-22(20)23-9-4-5-16-25-23/h4-16,22H,1-3H3. The number of fused-ring (bicyclic) bond motifs is 1. The van der Waals surface area contributed by atoms with Gasteiger partial charge in [0, 0.05) is 12.1 Å². The molecule has 25 heavy (non-hydrogen) atoms. The van der Waals surface area contributed by atoms with Crippen molar-refractivity contribution in [1.29, 1.82) is 0 Å². The summed E-state index contributed by atoms with van der Waals surface area (Å²) < 4.78 is 0. The molecular weight excluding hydrogens is 302 g/mol. The minimum atomic E-state index is 0.182. The maximum absolute atomic E-state index is 4.55. The Hall–Kier alpha value is -2.67. The fourth-order valence-electron chi connectivity index (χ4n) is 3.56. The van der Waals surface area contributed by atoms with Gasteiger partial charge in [-0.2, -0.15) is 0 Å². The molecule has 0 aliphatic heterocycles. The van der Waals surface area contributed by atoms with Crippen LogP contribution in [0.25, 0.3) is 17.2 Å². The fraction of sp³-hybridized carbons (Fsp3) is 0.208. The van der Waals surface area contributed by atoms with Gasteiger partial charge in [0.25, 0.3) is 0 Å². The first-order chi connectivity index (χ1) is 12.0. The molecule has 0 N–H and O–H groups in total. The van der Waals surface area contributed by atoms with Crippen LogP contribution in [0.5, 0.6) is 0 Å². The van der Waals surface area contributed by atoms with Crippen molar-refractivity contribution in [3.8, 4) is 11.1 Å². The van der Waals surface area contributed by atoms with Gasteiger partial charge >= 0.3 is 0 Å². The summed E-state index contributed by atoms with van der Waals surface area (Å²) in [5.74, 6) is 0.255. The molecule has 4 rings (SSSR count). The van der Waals surface area contributed by atoms with Crippen molar-refractivity contribution in [2.75, 3.05) is 0 Å². The Morgan fingerprint density at radius 3 is 2.32 bits per heavy atom. The first kappa shape index (κ1) is 15.8. The Kier molecular flexibility index (Phi) is 3.80. The average Bonchev–Trinajstić information content (AvgIpc) is 3.06. The van der Waals surface area contributed by atoms with Crippen molar-refractivity contribution in [2.24, 2.45) is 0 Å². The number of allylic oxidation sites excluding steroid dienone is 1. The lowest BCUT2D eigenvalue weighted by atomic mass is 9.85. The summed E-state index contributed by atoms with van der Waals surface area (Å²) in [6, 6.07) is 21.7. The van der Waals surface area contributed by atoms with Gasteiger partial charge in [-0.05, 0) is 45.4 Å². The molecule has 1 heteroatoms. The van der Waals surface area contributed by atoms with E-state index in [0.29, 0.717) is 0 Å². The SMILES string of the molecule is CC(C)(C)c1ccc(-c2cccc3c2C=CC3c2ccccn2)cc1. The molecule has 1 aliphatic carbocycles. The molecule has 3 aromatic rings. The Bertz CT molecular complexity index is 913. The van der Waals surface area contributed by atoms with Gasteiger partial charge in [0.2, 0.25) is 0 Å². The maximum atomic E-state index is 4.55. The lowest BCUT2D eigenvalue weighted by Crippen LogP contribution is -2.10. The van der Waals surface area contributed by atoms with Gasteiger partial charge in [-0.15, -0.1) is 0 Å². The number of hydrogen-bond acceptors (Lipinski definition) is 1. The summed E-state index contributed by atoms with van der Waals surface area (Å²) in [5.41, 5.74) is 7.89. The van der Waals surface area contributed by atoms with Gasteiger partial charge in [0.05, 0.1) is 5.69 Å². The van der Waals surface area contributed by atoms with Crippen molar-refractivity contribution in [2.45, 2.75) is 32.1 Å². The Labute approximate surface area is 150 Å². The van der Waals surface area contributed by atoms with Crippen LogP contribution in [0.15, 0.2) is 72.9 Å². The van der Waals surface area contributed by atoms with Crippen LogP contribution in [0, 0.1) is 0 Å². The van der Waals surface area contributed by atoms with Gasteiger partial charge in [-0.1, -0.05) is 81.5 Å². The highest BCUT2D eigenvalue weighted by atomic mass is 14.7. The van der Waals surface area contributed by atoms with Crippen LogP contribution in [0.3, 0.4) is 0 Å². The van der Waals surface area contributed by atoms with E-state index in [1.165, 1.54) is 27.8 Å². The van der Waals surface area contributed by atoms with E-state index in [4.69, 9.17) is 0 Å². The number of nitrogens with zero attached hydrogens (tertiary/aromatic N) is 1. The number of aromatic nitrogens is 1. The van der Waals surface area contributed by atoms with Crippen molar-refractivity contribution in [1.82, 2.24) is 4.98 Å². The minimum absolute atomic E-state index is 0.182. The van der Waals surface area contributed by atoms with E-state index < -0.39 is 0 Å². The predicted molar refractivity (Wildman–Crippen MR) is 106 cm³/mol. The zero-order valence-corrected chi connectivity index (χ0v) is 15.0. The van der Waals surface area contributed by atoms with E-state index in [-0.39, 0.29) is 11.3 Å².